The van der Waals surface area contributed by atoms with Gasteiger partial charge >= 0.3 is 12.2 Å². The Morgan fingerprint density at radius 1 is 1.33 bits per heavy atom. The number of benzene rings is 1. The van der Waals surface area contributed by atoms with Gasteiger partial charge in [0, 0.05) is 44.4 Å². The Balaban J connectivity index is 1.69. The molecular weight excluding hydrogens is 465 g/mol. The van der Waals surface area contributed by atoms with Crippen molar-refractivity contribution < 1.29 is 32.3 Å². The van der Waals surface area contributed by atoms with Crippen LogP contribution >= 0.6 is 11.6 Å². The fourth-order valence-electron chi connectivity index (χ4n) is 4.45. The first-order chi connectivity index (χ1) is 15.4. The summed E-state index contributed by atoms with van der Waals surface area (Å²) in [6.07, 6.45) is -4.51. The van der Waals surface area contributed by atoms with Gasteiger partial charge in [-0.05, 0) is 31.5 Å². The highest BCUT2D eigenvalue weighted by atomic mass is 35.5. The topological polar surface area (TPSA) is 91.0 Å². The van der Waals surface area contributed by atoms with Crippen LogP contribution in [0.2, 0.25) is 5.02 Å². The number of anilines is 1. The number of hydrogen-bond acceptors (Lipinski definition) is 5. The second-order valence-electron chi connectivity index (χ2n) is 8.52. The number of carbonyl (C=O) groups excluding carboxylic acids is 3. The number of ether oxygens (including phenoxy) is 1. The summed E-state index contributed by atoms with van der Waals surface area (Å²) in [7, 11) is 1.40. The molecule has 2 heterocycles. The third-order valence-corrected chi connectivity index (χ3v) is 6.34. The van der Waals surface area contributed by atoms with Crippen molar-refractivity contribution in [1.29, 1.82) is 0 Å². The summed E-state index contributed by atoms with van der Waals surface area (Å²) < 4.78 is 44.8. The molecule has 2 N–H and O–H groups in total. The monoisotopic (exact) mass is 490 g/mol. The highest BCUT2D eigenvalue weighted by Gasteiger charge is 2.48. The first-order valence-electron chi connectivity index (χ1n) is 10.4. The van der Waals surface area contributed by atoms with Gasteiger partial charge < -0.3 is 19.9 Å². The van der Waals surface area contributed by atoms with Crippen LogP contribution in [0.1, 0.15) is 25.8 Å². The molecule has 12 heteroatoms. The van der Waals surface area contributed by atoms with Crippen LogP contribution in [0.3, 0.4) is 0 Å². The van der Waals surface area contributed by atoms with Crippen molar-refractivity contribution >= 4 is 35.1 Å². The molecule has 3 atom stereocenters. The minimum atomic E-state index is -4.57. The van der Waals surface area contributed by atoms with Gasteiger partial charge in [-0.1, -0.05) is 18.5 Å². The third kappa shape index (κ3) is 5.19. The lowest BCUT2D eigenvalue weighted by Crippen LogP contribution is -2.57. The number of amides is 4. The number of rotatable bonds is 6. The van der Waals surface area contributed by atoms with Gasteiger partial charge in [0.15, 0.2) is 0 Å². The fraction of sp³-hybridized carbons (Fsp3) is 0.571. The van der Waals surface area contributed by atoms with Crippen LogP contribution in [0.15, 0.2) is 18.2 Å². The van der Waals surface area contributed by atoms with Crippen LogP contribution in [-0.4, -0.2) is 67.7 Å². The molecule has 0 aliphatic carbocycles. The van der Waals surface area contributed by atoms with Gasteiger partial charge in [0.1, 0.15) is 5.54 Å². The highest BCUT2D eigenvalue weighted by molar-refractivity contribution is 6.31. The standard InChI is InChI=1S/C21H26ClF3N4O4/c1-12(9-20(11-33-3)18(31)26-19(32)27-20)17(30)28-6-7-29(13(2)10-28)14-4-5-16(22)15(8-14)21(23,24)25/h4-5,8,12-13H,6-7,9-11H2,1-3H3,(H2,26,27,31,32)/t12?,13-,20?/m0/s1. The van der Waals surface area contributed by atoms with E-state index >= 15 is 0 Å². The van der Waals surface area contributed by atoms with Crippen LogP contribution in [0.4, 0.5) is 23.7 Å². The average Bonchev–Trinajstić information content (AvgIpc) is 2.99. The van der Waals surface area contributed by atoms with Crippen LogP contribution < -0.4 is 15.5 Å². The number of carbonyl (C=O) groups is 3. The van der Waals surface area contributed by atoms with E-state index in [0.717, 1.165) is 6.07 Å². The van der Waals surface area contributed by atoms with E-state index in [9.17, 15) is 27.6 Å². The van der Waals surface area contributed by atoms with Crippen molar-refractivity contribution in [2.24, 2.45) is 5.92 Å². The number of piperazine rings is 1. The molecule has 2 saturated heterocycles. The molecule has 3 rings (SSSR count). The van der Waals surface area contributed by atoms with E-state index in [-0.39, 0.29) is 30.0 Å². The van der Waals surface area contributed by atoms with Crippen molar-refractivity contribution in [3.63, 3.8) is 0 Å². The molecule has 4 amide bonds. The lowest BCUT2D eigenvalue weighted by Gasteiger charge is -2.42. The zero-order chi connectivity index (χ0) is 24.6. The number of hydrogen-bond donors (Lipinski definition) is 2. The molecule has 0 saturated carbocycles. The van der Waals surface area contributed by atoms with E-state index in [2.05, 4.69) is 10.6 Å². The van der Waals surface area contributed by atoms with E-state index in [0.29, 0.717) is 25.3 Å². The SMILES string of the molecule is COCC1(CC(C)C(=O)N2CCN(c3ccc(Cl)c(C(F)(F)F)c3)[C@@H](C)C2)NC(=O)NC1=O. The summed E-state index contributed by atoms with van der Waals surface area (Å²) in [6.45, 7) is 4.34. The number of urea groups is 1. The summed E-state index contributed by atoms with van der Waals surface area (Å²) in [5.41, 5.74) is -1.85. The average molecular weight is 491 g/mol. The Hall–Kier alpha value is -2.53. The number of alkyl halides is 3. The van der Waals surface area contributed by atoms with Gasteiger partial charge in [0.25, 0.3) is 5.91 Å². The summed E-state index contributed by atoms with van der Waals surface area (Å²) in [5.74, 6) is -1.36. The Kier molecular flexibility index (Phi) is 7.13. The zero-order valence-corrected chi connectivity index (χ0v) is 19.2. The quantitative estimate of drug-likeness (QED) is 0.598. The van der Waals surface area contributed by atoms with Crippen LogP contribution in [0, 0.1) is 5.92 Å². The highest BCUT2D eigenvalue weighted by Crippen LogP contribution is 2.37. The van der Waals surface area contributed by atoms with Crippen molar-refractivity contribution in [3.05, 3.63) is 28.8 Å². The molecule has 0 spiro atoms. The lowest BCUT2D eigenvalue weighted by molar-refractivity contribution is -0.138. The normalized spacial score (nSPS) is 24.5. The predicted octanol–water partition coefficient (Wildman–Crippen LogP) is 2.65. The van der Waals surface area contributed by atoms with Gasteiger partial charge in [-0.25, -0.2) is 4.79 Å². The number of nitrogens with zero attached hydrogens (tertiary/aromatic N) is 2. The van der Waals surface area contributed by atoms with Crippen LogP contribution in [0.5, 0.6) is 0 Å². The summed E-state index contributed by atoms with van der Waals surface area (Å²) >= 11 is 5.72. The van der Waals surface area contributed by atoms with Crippen molar-refractivity contribution in [3.8, 4) is 0 Å². The first kappa shape index (κ1) is 25.1. The molecule has 0 aromatic heterocycles. The smallest absolute Gasteiger partial charge is 0.382 e. The summed E-state index contributed by atoms with van der Waals surface area (Å²) in [5, 5.41) is 4.37. The molecule has 1 aromatic rings. The van der Waals surface area contributed by atoms with Gasteiger partial charge in [-0.15, -0.1) is 0 Å². The second kappa shape index (κ2) is 9.38. The lowest BCUT2D eigenvalue weighted by atomic mass is 9.87. The number of imide groups is 1. The Morgan fingerprint density at radius 2 is 2.03 bits per heavy atom. The first-order valence-corrected chi connectivity index (χ1v) is 10.8. The maximum absolute atomic E-state index is 13.2. The third-order valence-electron chi connectivity index (χ3n) is 6.01. The van der Waals surface area contributed by atoms with Crippen LogP contribution in [0.25, 0.3) is 0 Å². The molecule has 2 unspecified atom stereocenters. The molecule has 1 aromatic carbocycles. The summed E-state index contributed by atoms with van der Waals surface area (Å²) in [6, 6.07) is 2.89. The number of nitrogens with one attached hydrogen (secondary N) is 2. The van der Waals surface area contributed by atoms with Crippen LogP contribution in [-0.2, 0) is 20.5 Å². The number of halogens is 4. The molecule has 182 valence electrons. The van der Waals surface area contributed by atoms with E-state index in [1.165, 1.54) is 19.2 Å². The molecule has 33 heavy (non-hydrogen) atoms. The molecule has 0 bridgehead atoms. The minimum absolute atomic E-state index is 0.0535. The maximum atomic E-state index is 13.2. The largest absolute Gasteiger partial charge is 0.417 e. The van der Waals surface area contributed by atoms with E-state index < -0.39 is 35.1 Å². The second-order valence-corrected chi connectivity index (χ2v) is 8.92. The van der Waals surface area contributed by atoms with Gasteiger partial charge in [-0.2, -0.15) is 13.2 Å². The molecule has 0 radical (unpaired) electrons. The Labute approximate surface area is 194 Å². The minimum Gasteiger partial charge on any atom is -0.382 e. The fourth-order valence-corrected chi connectivity index (χ4v) is 4.68. The Morgan fingerprint density at radius 3 is 2.58 bits per heavy atom. The maximum Gasteiger partial charge on any atom is 0.417 e. The van der Waals surface area contributed by atoms with Crippen molar-refractivity contribution in [1.82, 2.24) is 15.5 Å². The zero-order valence-electron chi connectivity index (χ0n) is 18.5. The molecule has 2 aliphatic heterocycles. The van der Waals surface area contributed by atoms with Crippen molar-refractivity contribution in [2.45, 2.75) is 38.0 Å². The summed E-state index contributed by atoms with van der Waals surface area (Å²) in [4.78, 5) is 40.5. The molecular formula is C21H26ClF3N4O4. The number of methoxy groups -OCH3 is 1. The van der Waals surface area contributed by atoms with Gasteiger partial charge in [0.2, 0.25) is 5.91 Å². The van der Waals surface area contributed by atoms with E-state index in [1.807, 2.05) is 6.92 Å². The molecule has 2 fully saturated rings. The van der Waals surface area contributed by atoms with E-state index in [1.54, 1.807) is 16.7 Å². The Bertz CT molecular complexity index is 945. The van der Waals surface area contributed by atoms with Gasteiger partial charge in [-0.3, -0.25) is 14.9 Å². The van der Waals surface area contributed by atoms with Crippen molar-refractivity contribution in [2.75, 3.05) is 38.3 Å². The van der Waals surface area contributed by atoms with E-state index in [4.69, 9.17) is 16.3 Å². The molecule has 2 aliphatic rings. The predicted molar refractivity (Wildman–Crippen MR) is 115 cm³/mol. The molecule has 8 nitrogen and oxygen atoms in total. The van der Waals surface area contributed by atoms with Gasteiger partial charge in [0.05, 0.1) is 17.2 Å².